The number of rotatable bonds is 3. The molecule has 0 aliphatic rings. The molecule has 3 amide bonds. The Kier molecular flexibility index (Phi) is 374. The van der Waals surface area contributed by atoms with Crippen LogP contribution >= 0.6 is 0 Å². The van der Waals surface area contributed by atoms with E-state index in [1.54, 1.807) is 36.4 Å². The van der Waals surface area contributed by atoms with Crippen molar-refractivity contribution in [2.75, 3.05) is 0 Å². The van der Waals surface area contributed by atoms with Crippen molar-refractivity contribution in [3.63, 3.8) is 0 Å². The van der Waals surface area contributed by atoms with Crippen LogP contribution in [-0.2, 0) is 51.2 Å². The van der Waals surface area contributed by atoms with Crippen molar-refractivity contribution in [2.45, 2.75) is 0 Å². The van der Waals surface area contributed by atoms with E-state index in [9.17, 15) is 14.4 Å². The van der Waals surface area contributed by atoms with E-state index in [0.717, 1.165) is 0 Å². The molecule has 0 unspecified atom stereocenters. The van der Waals surface area contributed by atoms with Crippen LogP contribution in [0.2, 0.25) is 0 Å². The summed E-state index contributed by atoms with van der Waals surface area (Å²) in [5, 5.41) is 93.8. The van der Waals surface area contributed by atoms with Crippen molar-refractivity contribution >= 4 is 17.7 Å². The SMILES string of the molecule is NNC(=O)c1ccncc1.NNC(=O)c1ccncc1.NNC(=O)c1ccncc1.[C-]#N.[C-]#N.[C-]#N.[C-]#N.[C-]#N.[C-]#N.[C-]#N.[C-]#N.[C-]#N.[C-]#N.[C-]#N.[C-]#N.[C-]#N.[C-]#N.[C-]#N.[Fe+5].[Fe+5].[Fe+5]. The molecule has 0 fully saturated rings. The van der Waals surface area contributed by atoms with Gasteiger partial charge >= 0.3 is 51.2 Å². The van der Waals surface area contributed by atoms with Gasteiger partial charge in [-0.25, -0.2) is 17.5 Å². The second-order valence-electron chi connectivity index (χ2n) is 5.13. The molecule has 0 atom stereocenters. The van der Waals surface area contributed by atoms with Crippen LogP contribution in [0.4, 0.5) is 0 Å². The first-order valence-electron chi connectivity index (χ1n) is 11.6. The quantitative estimate of drug-likeness (QED) is 0.0684. The van der Waals surface area contributed by atoms with Gasteiger partial charge in [-0.1, -0.05) is 0 Å². The van der Waals surface area contributed by atoms with Gasteiger partial charge in [-0.05, 0) is 36.4 Å². The van der Waals surface area contributed by atoms with E-state index in [-0.39, 0.29) is 68.9 Å². The molecule has 315 valence electrons. The van der Waals surface area contributed by atoms with Crippen molar-refractivity contribution < 1.29 is 65.6 Å². The maximum atomic E-state index is 10.7. The molecule has 9 N–H and O–H groups in total. The van der Waals surface area contributed by atoms with Crippen molar-refractivity contribution in [3.05, 3.63) is 189 Å². The molecule has 3 radical (unpaired) electrons. The van der Waals surface area contributed by atoms with E-state index < -0.39 is 0 Å². The number of hydrogen-bond acceptors (Lipinski definition) is 24. The zero-order chi connectivity index (χ0) is 52.2. The zero-order valence-corrected chi connectivity index (χ0v) is 34.3. The summed E-state index contributed by atoms with van der Waals surface area (Å²) in [5.41, 5.74) is 7.58. The van der Waals surface area contributed by atoms with E-state index in [0.29, 0.717) is 16.7 Å². The number of carbonyl (C=O) groups is 3. The smallest absolute Gasteiger partial charge is 0.512 e. The summed E-state index contributed by atoms with van der Waals surface area (Å²) in [6, 6.07) is 9.51. The maximum absolute atomic E-state index is 10.7. The van der Waals surface area contributed by atoms with Gasteiger partial charge in [-0.2, -0.15) is 0 Å². The van der Waals surface area contributed by atoms with Gasteiger partial charge in [0.1, 0.15) is 0 Å². The monoisotopic (exact) mass is 969 g/mol. The fourth-order valence-corrected chi connectivity index (χ4v) is 1.76. The fraction of sp³-hybridized carbons (Fsp3) is 0. The van der Waals surface area contributed by atoms with Crippen LogP contribution in [-0.4, -0.2) is 32.7 Å². The first kappa shape index (κ1) is 117. The number of carbonyl (C=O) groups excluding carboxylic acids is 3. The molecule has 0 saturated heterocycles. The summed E-state index contributed by atoms with van der Waals surface area (Å²) >= 11 is 0. The zero-order valence-electron chi connectivity index (χ0n) is 31.0. The number of hydrazine groups is 3. The molecule has 3 aromatic rings. The van der Waals surface area contributed by atoms with Crippen LogP contribution in [0, 0.1) is 178 Å². The first-order chi connectivity index (χ1) is 29.5. The van der Waals surface area contributed by atoms with Gasteiger partial charge in [0.05, 0.1) is 0 Å². The molecule has 30 heteroatoms. The van der Waals surface area contributed by atoms with Crippen molar-refractivity contribution in [1.82, 2.24) is 31.2 Å². The molecule has 27 nitrogen and oxygen atoms in total. The third-order valence-corrected chi connectivity index (χ3v) is 3.22. The summed E-state index contributed by atoms with van der Waals surface area (Å²) < 4.78 is 0. The third-order valence-electron chi connectivity index (χ3n) is 3.22. The van der Waals surface area contributed by atoms with Gasteiger partial charge in [0.15, 0.2) is 0 Å². The van der Waals surface area contributed by atoms with Gasteiger partial charge in [0.25, 0.3) is 17.7 Å². The number of hydrogen-bond donors (Lipinski definition) is 6. The average Bonchev–Trinajstić information content (AvgIpc) is 3.43. The number of amides is 3. The first-order valence-corrected chi connectivity index (χ1v) is 11.6. The van der Waals surface area contributed by atoms with Gasteiger partial charge < -0.3 is 178 Å². The topological polar surface area (TPSA) is 561 Å². The van der Waals surface area contributed by atoms with E-state index in [2.05, 4.69) is 15.0 Å². The number of nitrogens with one attached hydrogen (secondary N) is 3. The largest absolute Gasteiger partial charge is 5.00 e. The summed E-state index contributed by atoms with van der Waals surface area (Å²) in [6.45, 7) is 71.2. The third kappa shape index (κ3) is 127. The minimum Gasteiger partial charge on any atom is -0.512 e. The average molecular weight is 969 g/mol. The minimum absolute atomic E-state index is 0. The van der Waals surface area contributed by atoms with Crippen LogP contribution in [0.3, 0.4) is 0 Å². The van der Waals surface area contributed by atoms with Gasteiger partial charge in [0.2, 0.25) is 0 Å². The molecule has 3 heterocycles. The summed E-state index contributed by atoms with van der Waals surface area (Å²) in [6.07, 6.45) is 9.19. The predicted octanol–water partition coefficient (Wildman–Crippen LogP) is 0.493. The summed E-state index contributed by atoms with van der Waals surface area (Å²) in [7, 11) is 0. The molecule has 0 aliphatic carbocycles. The Morgan fingerprint density at radius 2 is 0.397 bits per heavy atom. The van der Waals surface area contributed by atoms with Crippen LogP contribution in [0.5, 0.6) is 0 Å². The number of aromatic nitrogens is 3. The molecular formula is C33H21Fe3N24O3. The second-order valence-corrected chi connectivity index (χ2v) is 5.13. The molecule has 63 heavy (non-hydrogen) atoms. The van der Waals surface area contributed by atoms with Crippen LogP contribution in [0.25, 0.3) is 0 Å². The predicted molar refractivity (Wildman–Crippen MR) is 182 cm³/mol. The van der Waals surface area contributed by atoms with Crippen molar-refractivity contribution in [1.29, 1.82) is 78.9 Å². The van der Waals surface area contributed by atoms with Crippen molar-refractivity contribution in [3.8, 4) is 0 Å². The van der Waals surface area contributed by atoms with Crippen LogP contribution in [0.15, 0.2) is 73.6 Å². The Hall–Kier alpha value is -10.4. The number of pyridine rings is 3. The van der Waals surface area contributed by atoms with Crippen LogP contribution < -0.4 is 33.8 Å². The molecule has 0 aromatic carbocycles. The second kappa shape index (κ2) is 201. The molecule has 3 aromatic heterocycles. The minimum atomic E-state index is -0.303. The van der Waals surface area contributed by atoms with E-state index in [1.807, 2.05) is 16.3 Å². The number of nitrogen functional groups attached to an aromatic ring is 3. The van der Waals surface area contributed by atoms with E-state index in [1.165, 1.54) is 37.2 Å². The Morgan fingerprint density at radius 1 is 0.302 bits per heavy atom. The number of nitrogens with zero attached hydrogens (tertiary/aromatic N) is 18. The standard InChI is InChI=1S/3C6H7N3O.15CN.3Fe/c3*7-9-6(10)5-1-3-8-4-2-5;15*1-2;;;/h3*1-4H,7H2,(H,9,10);;;;;;;;;;;;;;;;;;/q;;;15*-1;3*+5. The maximum Gasteiger partial charge on any atom is 5.00 e. The normalized spacial score (nSPS) is 4.71. The Bertz CT molecular complexity index is 1320. The molecule has 0 spiro atoms. The molecule has 0 saturated carbocycles. The van der Waals surface area contributed by atoms with Crippen LogP contribution in [0.1, 0.15) is 31.1 Å². The Labute approximate surface area is 398 Å². The summed E-state index contributed by atoms with van der Waals surface area (Å²) in [4.78, 5) is 43.5. The van der Waals surface area contributed by atoms with Gasteiger partial charge in [0, 0.05) is 53.9 Å². The number of nitrogens with two attached hydrogens (primary N) is 3. The van der Waals surface area contributed by atoms with Gasteiger partial charge in [-0.15, -0.1) is 0 Å². The van der Waals surface area contributed by atoms with E-state index in [4.69, 9.17) is 195 Å². The molecule has 3 rings (SSSR count). The molecule has 0 bridgehead atoms. The van der Waals surface area contributed by atoms with Crippen molar-refractivity contribution in [2.24, 2.45) is 17.5 Å². The fourth-order valence-electron chi connectivity index (χ4n) is 1.76. The van der Waals surface area contributed by atoms with E-state index >= 15 is 0 Å². The molecule has 0 aliphatic heterocycles. The molecular weight excluding hydrogens is 948 g/mol. The Balaban J connectivity index is -0.0000000228. The van der Waals surface area contributed by atoms with Gasteiger partial charge in [-0.3, -0.25) is 45.6 Å². The Morgan fingerprint density at radius 3 is 0.476 bits per heavy atom. The summed E-state index contributed by atoms with van der Waals surface area (Å²) in [5.74, 6) is 13.7.